The molecule has 0 saturated heterocycles. The van der Waals surface area contributed by atoms with E-state index in [0.717, 1.165) is 48.3 Å². The maximum Gasteiger partial charge on any atom is 0.227 e. The van der Waals surface area contributed by atoms with Gasteiger partial charge in [0.1, 0.15) is 0 Å². The fourth-order valence-corrected chi connectivity index (χ4v) is 3.02. The summed E-state index contributed by atoms with van der Waals surface area (Å²) in [7, 11) is 0. The topological polar surface area (TPSA) is 46.3 Å². The number of nitrogen functional groups attached to an aromatic ring is 1. The lowest BCUT2D eigenvalue weighted by Crippen LogP contribution is -2.35. The quantitative estimate of drug-likeness (QED) is 0.881. The molecule has 0 saturated carbocycles. The number of para-hydroxylation sites is 1. The summed E-state index contributed by atoms with van der Waals surface area (Å²) in [5.41, 5.74) is 11.3. The molecule has 3 nitrogen and oxygen atoms in total. The van der Waals surface area contributed by atoms with Crippen molar-refractivity contribution in [1.29, 1.82) is 0 Å². The zero-order valence-electron chi connectivity index (χ0n) is 13.0. The number of hydrogen-bond acceptors (Lipinski definition) is 2. The Morgan fingerprint density at radius 1 is 1.23 bits per heavy atom. The minimum absolute atomic E-state index is 0.200. The number of nitrogens with zero attached hydrogens (tertiary/aromatic N) is 1. The van der Waals surface area contributed by atoms with Crippen molar-refractivity contribution in [3.63, 3.8) is 0 Å². The van der Waals surface area contributed by atoms with E-state index in [1.807, 2.05) is 36.1 Å². The van der Waals surface area contributed by atoms with E-state index in [1.54, 1.807) is 0 Å². The van der Waals surface area contributed by atoms with E-state index in [2.05, 4.69) is 18.2 Å². The second-order valence-corrected chi connectivity index (χ2v) is 5.97. The Morgan fingerprint density at radius 3 is 2.86 bits per heavy atom. The highest BCUT2D eigenvalue weighted by molar-refractivity contribution is 5.94. The number of nitrogens with two attached hydrogens (primary N) is 1. The molecule has 114 valence electrons. The Hall–Kier alpha value is -2.29. The number of carbonyl (C=O) groups excluding carboxylic acids is 1. The van der Waals surface area contributed by atoms with E-state index in [0.29, 0.717) is 6.42 Å². The molecule has 0 bridgehead atoms. The Bertz CT molecular complexity index is 694. The summed E-state index contributed by atoms with van der Waals surface area (Å²) in [6.45, 7) is 2.82. The average molecular weight is 294 g/mol. The van der Waals surface area contributed by atoms with Crippen LogP contribution in [0.2, 0.25) is 0 Å². The van der Waals surface area contributed by atoms with Crippen LogP contribution in [0.3, 0.4) is 0 Å². The van der Waals surface area contributed by atoms with E-state index >= 15 is 0 Å². The highest BCUT2D eigenvalue weighted by Crippen LogP contribution is 2.27. The number of anilines is 2. The van der Waals surface area contributed by atoms with E-state index < -0.39 is 0 Å². The van der Waals surface area contributed by atoms with Crippen LogP contribution in [-0.4, -0.2) is 12.5 Å². The van der Waals surface area contributed by atoms with Crippen molar-refractivity contribution in [3.8, 4) is 0 Å². The normalized spacial score (nSPS) is 13.8. The van der Waals surface area contributed by atoms with Crippen LogP contribution in [-0.2, 0) is 17.6 Å². The Balaban J connectivity index is 1.69. The molecule has 0 aromatic heterocycles. The van der Waals surface area contributed by atoms with Crippen molar-refractivity contribution < 1.29 is 4.79 Å². The van der Waals surface area contributed by atoms with E-state index in [-0.39, 0.29) is 5.91 Å². The molecule has 22 heavy (non-hydrogen) atoms. The highest BCUT2D eigenvalue weighted by Gasteiger charge is 2.21. The predicted molar refractivity (Wildman–Crippen MR) is 91.0 cm³/mol. The third-order valence-electron chi connectivity index (χ3n) is 4.38. The zero-order chi connectivity index (χ0) is 15.5. The van der Waals surface area contributed by atoms with Crippen molar-refractivity contribution in [1.82, 2.24) is 0 Å². The summed E-state index contributed by atoms with van der Waals surface area (Å²) in [5, 5.41) is 0. The van der Waals surface area contributed by atoms with Crippen LogP contribution in [0.25, 0.3) is 0 Å². The number of rotatable bonds is 3. The molecule has 0 fully saturated rings. The van der Waals surface area contributed by atoms with Crippen molar-refractivity contribution in [2.75, 3.05) is 17.2 Å². The first kappa shape index (κ1) is 14.6. The van der Waals surface area contributed by atoms with Gasteiger partial charge in [-0.2, -0.15) is 0 Å². The van der Waals surface area contributed by atoms with Crippen molar-refractivity contribution >= 4 is 17.3 Å². The van der Waals surface area contributed by atoms with Gasteiger partial charge in [-0.1, -0.05) is 30.3 Å². The number of fused-ring (bicyclic) bond motifs is 1. The zero-order valence-corrected chi connectivity index (χ0v) is 13.0. The maximum atomic E-state index is 12.6. The van der Waals surface area contributed by atoms with E-state index in [1.165, 1.54) is 5.56 Å². The molecule has 1 aliphatic rings. The second-order valence-electron chi connectivity index (χ2n) is 5.97. The van der Waals surface area contributed by atoms with E-state index in [9.17, 15) is 4.79 Å². The fraction of sp³-hybridized carbons (Fsp3) is 0.316. The van der Waals surface area contributed by atoms with Gasteiger partial charge >= 0.3 is 0 Å². The molecule has 0 atom stereocenters. The second kappa shape index (κ2) is 6.22. The first-order chi connectivity index (χ1) is 10.6. The van der Waals surface area contributed by atoms with Gasteiger partial charge in [-0.15, -0.1) is 0 Å². The minimum atomic E-state index is 0.200. The Morgan fingerprint density at radius 2 is 2.05 bits per heavy atom. The van der Waals surface area contributed by atoms with Gasteiger partial charge in [-0.3, -0.25) is 4.79 Å². The minimum Gasteiger partial charge on any atom is -0.399 e. The van der Waals surface area contributed by atoms with Gasteiger partial charge in [-0.05, 0) is 55.0 Å². The molecule has 3 heteroatoms. The SMILES string of the molecule is Cc1ccc(CCC(=O)N2CCCc3ccccc32)cc1N. The van der Waals surface area contributed by atoms with Crippen LogP contribution in [0.1, 0.15) is 29.5 Å². The van der Waals surface area contributed by atoms with Crippen LogP contribution in [0.5, 0.6) is 0 Å². The third kappa shape index (κ3) is 2.98. The van der Waals surface area contributed by atoms with Crippen molar-refractivity contribution in [3.05, 3.63) is 59.2 Å². The maximum absolute atomic E-state index is 12.6. The van der Waals surface area contributed by atoms with Gasteiger partial charge in [0.15, 0.2) is 0 Å². The van der Waals surface area contributed by atoms with Gasteiger partial charge in [-0.25, -0.2) is 0 Å². The molecule has 2 aromatic rings. The van der Waals surface area contributed by atoms with E-state index in [4.69, 9.17) is 5.73 Å². The first-order valence-electron chi connectivity index (χ1n) is 7.88. The molecule has 3 rings (SSSR count). The Kier molecular flexibility index (Phi) is 4.14. The molecule has 1 heterocycles. The van der Waals surface area contributed by atoms with Gasteiger partial charge in [0, 0.05) is 24.3 Å². The number of amides is 1. The summed E-state index contributed by atoms with van der Waals surface area (Å²) in [5.74, 6) is 0.200. The van der Waals surface area contributed by atoms with Crippen LogP contribution < -0.4 is 10.6 Å². The van der Waals surface area contributed by atoms with Crippen LogP contribution in [0.15, 0.2) is 42.5 Å². The van der Waals surface area contributed by atoms with Gasteiger partial charge in [0.2, 0.25) is 5.91 Å². The molecule has 0 radical (unpaired) electrons. The number of carbonyl (C=O) groups is 1. The average Bonchev–Trinajstić information content (AvgIpc) is 2.55. The number of benzene rings is 2. The molecule has 1 amide bonds. The van der Waals surface area contributed by atoms with Gasteiger partial charge in [0.05, 0.1) is 0 Å². The highest BCUT2D eigenvalue weighted by atomic mass is 16.2. The van der Waals surface area contributed by atoms with Crippen molar-refractivity contribution in [2.45, 2.75) is 32.6 Å². The molecule has 2 N–H and O–H groups in total. The molecule has 1 aliphatic heterocycles. The molecule has 0 spiro atoms. The summed E-state index contributed by atoms with van der Waals surface area (Å²) in [6.07, 6.45) is 3.37. The molecule has 0 unspecified atom stereocenters. The molecular formula is C19H22N2O. The summed E-state index contributed by atoms with van der Waals surface area (Å²) >= 11 is 0. The largest absolute Gasteiger partial charge is 0.399 e. The Labute approximate surface area is 131 Å². The lowest BCUT2D eigenvalue weighted by Gasteiger charge is -2.29. The summed E-state index contributed by atoms with van der Waals surface area (Å²) in [6, 6.07) is 14.3. The number of hydrogen-bond donors (Lipinski definition) is 1. The summed E-state index contributed by atoms with van der Waals surface area (Å²) < 4.78 is 0. The molecular weight excluding hydrogens is 272 g/mol. The molecule has 2 aromatic carbocycles. The summed E-state index contributed by atoms with van der Waals surface area (Å²) in [4.78, 5) is 14.5. The monoisotopic (exact) mass is 294 g/mol. The van der Waals surface area contributed by atoms with Crippen LogP contribution in [0.4, 0.5) is 11.4 Å². The van der Waals surface area contributed by atoms with Crippen LogP contribution >= 0.6 is 0 Å². The van der Waals surface area contributed by atoms with Crippen molar-refractivity contribution in [2.24, 2.45) is 0 Å². The lowest BCUT2D eigenvalue weighted by molar-refractivity contribution is -0.118. The van der Waals surface area contributed by atoms with Crippen LogP contribution in [0, 0.1) is 6.92 Å². The third-order valence-corrected chi connectivity index (χ3v) is 4.38. The predicted octanol–water partition coefficient (Wildman–Crippen LogP) is 3.49. The smallest absolute Gasteiger partial charge is 0.227 e. The standard InChI is InChI=1S/C19H22N2O/c1-14-8-9-15(13-17(14)20)10-11-19(22)21-12-4-6-16-5-2-3-7-18(16)21/h2-3,5,7-9,13H,4,6,10-12,20H2,1H3. The lowest BCUT2D eigenvalue weighted by atomic mass is 10.0. The van der Waals surface area contributed by atoms with Gasteiger partial charge < -0.3 is 10.6 Å². The van der Waals surface area contributed by atoms with Gasteiger partial charge in [0.25, 0.3) is 0 Å². The number of aryl methyl sites for hydroxylation is 3. The first-order valence-corrected chi connectivity index (χ1v) is 7.88. The fourth-order valence-electron chi connectivity index (χ4n) is 3.02. The molecule has 0 aliphatic carbocycles.